The molecule has 0 aliphatic rings. The zero-order chi connectivity index (χ0) is 14.0. The molecule has 0 bridgehead atoms. The standard InChI is InChI=1S/C11H7ClN2O4S/c12-8-5-9(7-13-6-8)19(17,18)11-4-2-1-3-10(11)14(15)16/h1-7H. The summed E-state index contributed by atoms with van der Waals surface area (Å²) in [7, 11) is -4.03. The van der Waals surface area contributed by atoms with Crippen LogP contribution in [0.2, 0.25) is 5.02 Å². The summed E-state index contributed by atoms with van der Waals surface area (Å²) in [4.78, 5) is 13.2. The number of nitro groups is 1. The fourth-order valence-electron chi connectivity index (χ4n) is 1.50. The van der Waals surface area contributed by atoms with Gasteiger partial charge in [-0.05, 0) is 12.1 Å². The van der Waals surface area contributed by atoms with Crippen molar-refractivity contribution >= 4 is 27.1 Å². The normalized spacial score (nSPS) is 11.2. The Bertz CT molecular complexity index is 746. The number of halogens is 1. The zero-order valence-electron chi connectivity index (χ0n) is 9.36. The van der Waals surface area contributed by atoms with Gasteiger partial charge in [0, 0.05) is 18.5 Å². The van der Waals surface area contributed by atoms with Crippen molar-refractivity contribution in [2.75, 3.05) is 0 Å². The molecular weight excluding hydrogens is 292 g/mol. The van der Waals surface area contributed by atoms with E-state index in [9.17, 15) is 18.5 Å². The second-order valence-corrected chi connectivity index (χ2v) is 5.92. The van der Waals surface area contributed by atoms with Gasteiger partial charge in [0.15, 0.2) is 0 Å². The smallest absolute Gasteiger partial charge is 0.262 e. The van der Waals surface area contributed by atoms with Crippen LogP contribution in [0.4, 0.5) is 5.69 Å². The predicted octanol–water partition coefficient (Wildman–Crippen LogP) is 2.48. The van der Waals surface area contributed by atoms with E-state index >= 15 is 0 Å². The SMILES string of the molecule is O=[N+]([O-])c1ccccc1S(=O)(=O)c1cncc(Cl)c1. The summed E-state index contributed by atoms with van der Waals surface area (Å²) in [6.07, 6.45) is 2.37. The summed E-state index contributed by atoms with van der Waals surface area (Å²) in [5, 5.41) is 11.0. The van der Waals surface area contributed by atoms with Gasteiger partial charge in [0.2, 0.25) is 9.84 Å². The summed E-state index contributed by atoms with van der Waals surface area (Å²) in [6, 6.07) is 6.31. The Kier molecular flexibility index (Phi) is 3.50. The minimum atomic E-state index is -4.03. The second kappa shape index (κ2) is 4.94. The van der Waals surface area contributed by atoms with Gasteiger partial charge in [0.05, 0.1) is 14.8 Å². The van der Waals surface area contributed by atoms with E-state index in [-0.39, 0.29) is 14.8 Å². The molecule has 6 nitrogen and oxygen atoms in total. The molecule has 0 atom stereocenters. The summed E-state index contributed by atoms with van der Waals surface area (Å²) in [5.41, 5.74) is -0.484. The average molecular weight is 299 g/mol. The summed E-state index contributed by atoms with van der Waals surface area (Å²) >= 11 is 5.68. The lowest BCUT2D eigenvalue weighted by Crippen LogP contribution is -2.06. The third-order valence-electron chi connectivity index (χ3n) is 2.34. The number of hydrogen-bond acceptors (Lipinski definition) is 5. The number of sulfone groups is 1. The Morgan fingerprint density at radius 2 is 1.89 bits per heavy atom. The number of para-hydroxylation sites is 1. The van der Waals surface area contributed by atoms with Crippen molar-refractivity contribution in [3.63, 3.8) is 0 Å². The first-order valence-corrected chi connectivity index (χ1v) is 6.88. The maximum absolute atomic E-state index is 12.3. The lowest BCUT2D eigenvalue weighted by Gasteiger charge is -2.05. The Morgan fingerprint density at radius 3 is 2.53 bits per heavy atom. The van der Waals surface area contributed by atoms with Crippen LogP contribution in [0, 0.1) is 10.1 Å². The molecule has 0 spiro atoms. The first kappa shape index (κ1) is 13.4. The molecule has 2 aromatic rings. The summed E-state index contributed by atoms with van der Waals surface area (Å²) < 4.78 is 24.6. The van der Waals surface area contributed by atoms with E-state index in [0.29, 0.717) is 0 Å². The number of nitro benzene ring substituents is 1. The molecule has 19 heavy (non-hydrogen) atoms. The highest BCUT2D eigenvalue weighted by atomic mass is 35.5. The van der Waals surface area contributed by atoms with Crippen LogP contribution in [0.1, 0.15) is 0 Å². The highest BCUT2D eigenvalue weighted by Gasteiger charge is 2.27. The largest absolute Gasteiger partial charge is 0.288 e. The number of benzene rings is 1. The van der Waals surface area contributed by atoms with Gasteiger partial charge in [0.25, 0.3) is 5.69 Å². The first-order chi connectivity index (χ1) is 8.93. The molecule has 0 saturated heterocycles. The molecule has 0 saturated carbocycles. The van der Waals surface area contributed by atoms with E-state index in [0.717, 1.165) is 12.3 Å². The molecule has 0 amide bonds. The fourth-order valence-corrected chi connectivity index (χ4v) is 3.15. The van der Waals surface area contributed by atoms with Gasteiger partial charge in [-0.15, -0.1) is 0 Å². The average Bonchev–Trinajstić information content (AvgIpc) is 2.38. The van der Waals surface area contributed by atoms with Gasteiger partial charge >= 0.3 is 0 Å². The van der Waals surface area contributed by atoms with Crippen molar-refractivity contribution in [1.82, 2.24) is 4.98 Å². The minimum Gasteiger partial charge on any atom is -0.262 e. The maximum Gasteiger partial charge on any atom is 0.288 e. The summed E-state index contributed by atoms with van der Waals surface area (Å²) in [5.74, 6) is 0. The molecule has 8 heteroatoms. The van der Waals surface area contributed by atoms with E-state index in [2.05, 4.69) is 4.98 Å². The van der Waals surface area contributed by atoms with Gasteiger partial charge in [-0.25, -0.2) is 8.42 Å². The molecule has 0 unspecified atom stereocenters. The van der Waals surface area contributed by atoms with Crippen LogP contribution in [0.5, 0.6) is 0 Å². The lowest BCUT2D eigenvalue weighted by molar-refractivity contribution is -0.387. The van der Waals surface area contributed by atoms with Crippen LogP contribution < -0.4 is 0 Å². The van der Waals surface area contributed by atoms with Gasteiger partial charge in [-0.2, -0.15) is 0 Å². The van der Waals surface area contributed by atoms with Crippen molar-refractivity contribution < 1.29 is 13.3 Å². The molecular formula is C11H7ClN2O4S. The lowest BCUT2D eigenvalue weighted by atomic mass is 10.3. The number of nitrogens with zero attached hydrogens (tertiary/aromatic N) is 2. The zero-order valence-corrected chi connectivity index (χ0v) is 10.9. The highest BCUT2D eigenvalue weighted by Crippen LogP contribution is 2.29. The summed E-state index contributed by atoms with van der Waals surface area (Å²) in [6.45, 7) is 0. The van der Waals surface area contributed by atoms with Crippen molar-refractivity contribution in [2.45, 2.75) is 9.79 Å². The molecule has 1 aromatic heterocycles. The molecule has 0 N–H and O–H groups in total. The Hall–Kier alpha value is -1.99. The Balaban J connectivity index is 2.67. The topological polar surface area (TPSA) is 90.2 Å². The number of pyridine rings is 1. The van der Waals surface area contributed by atoms with E-state index in [1.54, 1.807) is 0 Å². The van der Waals surface area contributed by atoms with Gasteiger partial charge < -0.3 is 0 Å². The fraction of sp³-hybridized carbons (Fsp3) is 0. The van der Waals surface area contributed by atoms with E-state index in [1.165, 1.54) is 30.5 Å². The Morgan fingerprint density at radius 1 is 1.21 bits per heavy atom. The quantitative estimate of drug-likeness (QED) is 0.641. The molecule has 0 aliphatic heterocycles. The first-order valence-electron chi connectivity index (χ1n) is 5.02. The van der Waals surface area contributed by atoms with Crippen LogP contribution in [0.3, 0.4) is 0 Å². The third-order valence-corrected chi connectivity index (χ3v) is 4.32. The van der Waals surface area contributed by atoms with Crippen LogP contribution in [0.15, 0.2) is 52.5 Å². The van der Waals surface area contributed by atoms with Gasteiger partial charge in [-0.1, -0.05) is 23.7 Å². The van der Waals surface area contributed by atoms with Crippen LogP contribution in [-0.2, 0) is 9.84 Å². The second-order valence-electron chi connectivity index (χ2n) is 3.57. The van der Waals surface area contributed by atoms with E-state index in [1.807, 2.05) is 0 Å². The van der Waals surface area contributed by atoms with Gasteiger partial charge in [0.1, 0.15) is 4.90 Å². The molecule has 1 heterocycles. The van der Waals surface area contributed by atoms with E-state index < -0.39 is 20.4 Å². The monoisotopic (exact) mass is 298 g/mol. The predicted molar refractivity (Wildman–Crippen MR) is 67.8 cm³/mol. The number of rotatable bonds is 3. The maximum atomic E-state index is 12.3. The van der Waals surface area contributed by atoms with Crippen LogP contribution in [-0.4, -0.2) is 18.3 Å². The van der Waals surface area contributed by atoms with Crippen LogP contribution in [0.25, 0.3) is 0 Å². The molecule has 1 aromatic carbocycles. The number of aromatic nitrogens is 1. The minimum absolute atomic E-state index is 0.139. The van der Waals surface area contributed by atoms with Crippen LogP contribution >= 0.6 is 11.6 Å². The Labute approximate surface area is 113 Å². The molecule has 98 valence electrons. The third kappa shape index (κ3) is 2.56. The highest BCUT2D eigenvalue weighted by molar-refractivity contribution is 7.91. The van der Waals surface area contributed by atoms with Crippen molar-refractivity contribution in [1.29, 1.82) is 0 Å². The number of hydrogen-bond donors (Lipinski definition) is 0. The van der Waals surface area contributed by atoms with E-state index in [4.69, 9.17) is 11.6 Å². The van der Waals surface area contributed by atoms with Crippen molar-refractivity contribution in [2.24, 2.45) is 0 Å². The van der Waals surface area contributed by atoms with Gasteiger partial charge in [-0.3, -0.25) is 15.1 Å². The van der Waals surface area contributed by atoms with Crippen molar-refractivity contribution in [3.05, 3.63) is 57.9 Å². The van der Waals surface area contributed by atoms with Crippen molar-refractivity contribution in [3.8, 4) is 0 Å². The molecule has 2 rings (SSSR count). The molecule has 0 aliphatic carbocycles. The molecule has 0 radical (unpaired) electrons. The molecule has 0 fully saturated rings.